The van der Waals surface area contributed by atoms with Gasteiger partial charge in [0.1, 0.15) is 5.60 Å². The lowest BCUT2D eigenvalue weighted by Gasteiger charge is -2.42. The fraction of sp³-hybridized carbons (Fsp3) is 0.406. The molecule has 4 nitrogen and oxygen atoms in total. The summed E-state index contributed by atoms with van der Waals surface area (Å²) in [5, 5.41) is 32.1. The zero-order valence-corrected chi connectivity index (χ0v) is 21.5. The first kappa shape index (κ1) is 26.1. The van der Waals surface area contributed by atoms with Crippen LogP contribution in [0.2, 0.25) is 0 Å². The molecule has 1 heterocycles. The number of hydrogen-bond acceptors (Lipinski definition) is 4. The molecule has 3 aromatic rings. The summed E-state index contributed by atoms with van der Waals surface area (Å²) in [5.41, 5.74) is 2.28. The molecule has 36 heavy (non-hydrogen) atoms. The van der Waals surface area contributed by atoms with Crippen molar-refractivity contribution in [2.24, 2.45) is 5.92 Å². The predicted molar refractivity (Wildman–Crippen MR) is 144 cm³/mol. The zero-order chi connectivity index (χ0) is 25.6. The number of likely N-dealkylation sites (tertiary alicyclic amines) is 1. The third kappa shape index (κ3) is 5.71. The van der Waals surface area contributed by atoms with E-state index in [4.69, 9.17) is 0 Å². The van der Waals surface area contributed by atoms with Crippen molar-refractivity contribution < 1.29 is 10.2 Å². The Balaban J connectivity index is 1.31. The van der Waals surface area contributed by atoms with Crippen LogP contribution in [0.5, 0.6) is 0 Å². The van der Waals surface area contributed by atoms with E-state index in [1.165, 1.54) is 0 Å². The van der Waals surface area contributed by atoms with E-state index in [9.17, 15) is 15.5 Å². The molecule has 4 heteroatoms. The van der Waals surface area contributed by atoms with Crippen LogP contribution in [0.1, 0.15) is 67.9 Å². The molecule has 2 N–H and O–H groups in total. The Labute approximate surface area is 215 Å². The molecule has 3 aromatic carbocycles. The van der Waals surface area contributed by atoms with Gasteiger partial charge in [0.2, 0.25) is 0 Å². The minimum atomic E-state index is -0.989. The van der Waals surface area contributed by atoms with E-state index in [1.807, 2.05) is 98.8 Å². The number of piperidine rings is 1. The molecule has 4 rings (SSSR count). The molecule has 1 atom stereocenters. The maximum atomic E-state index is 12.1. The average Bonchev–Trinajstić information content (AvgIpc) is 2.94. The molecule has 1 aliphatic rings. The summed E-state index contributed by atoms with van der Waals surface area (Å²) in [7, 11) is 0. The second-order valence-corrected chi connectivity index (χ2v) is 10.6. The van der Waals surface area contributed by atoms with Gasteiger partial charge in [0.15, 0.2) is 0 Å². The summed E-state index contributed by atoms with van der Waals surface area (Å²) in [5.74, 6) is 0.153. The maximum absolute atomic E-state index is 12.1. The average molecular weight is 483 g/mol. The van der Waals surface area contributed by atoms with E-state index >= 15 is 0 Å². The van der Waals surface area contributed by atoms with Crippen molar-refractivity contribution in [3.63, 3.8) is 0 Å². The van der Waals surface area contributed by atoms with Gasteiger partial charge in [-0.25, -0.2) is 0 Å². The second-order valence-electron chi connectivity index (χ2n) is 10.6. The zero-order valence-electron chi connectivity index (χ0n) is 21.5. The van der Waals surface area contributed by atoms with Crippen LogP contribution in [0.3, 0.4) is 0 Å². The molecule has 0 aromatic heterocycles. The fourth-order valence-corrected chi connectivity index (χ4v) is 5.46. The largest absolute Gasteiger partial charge is 0.388 e. The molecule has 1 unspecified atom stereocenters. The topological polar surface area (TPSA) is 67.5 Å². The van der Waals surface area contributed by atoms with Crippen molar-refractivity contribution >= 4 is 0 Å². The van der Waals surface area contributed by atoms with Gasteiger partial charge in [0.05, 0.1) is 17.6 Å². The summed E-state index contributed by atoms with van der Waals surface area (Å²) in [6.45, 7) is 6.64. The van der Waals surface area contributed by atoms with Crippen LogP contribution in [-0.4, -0.2) is 34.7 Å². The Kier molecular flexibility index (Phi) is 8.26. The van der Waals surface area contributed by atoms with Crippen molar-refractivity contribution in [1.29, 1.82) is 5.26 Å². The number of benzene rings is 3. The molecule has 1 saturated heterocycles. The highest BCUT2D eigenvalue weighted by Gasteiger charge is 2.41. The van der Waals surface area contributed by atoms with Gasteiger partial charge < -0.3 is 15.1 Å². The van der Waals surface area contributed by atoms with Crippen molar-refractivity contribution in [3.05, 3.63) is 107 Å². The van der Waals surface area contributed by atoms with Gasteiger partial charge in [0, 0.05) is 0 Å². The normalized spacial score (nSPS) is 16.4. The van der Waals surface area contributed by atoms with Crippen molar-refractivity contribution in [2.45, 2.75) is 56.7 Å². The molecule has 1 fully saturated rings. The number of aliphatic hydroxyl groups excluding tert-OH is 1. The molecule has 188 valence electrons. The van der Waals surface area contributed by atoms with Gasteiger partial charge in [-0.1, -0.05) is 84.9 Å². The lowest BCUT2D eigenvalue weighted by atomic mass is 9.72. The molecule has 0 bridgehead atoms. The van der Waals surface area contributed by atoms with Crippen molar-refractivity contribution in [2.75, 3.05) is 19.6 Å². The Morgan fingerprint density at radius 1 is 0.861 bits per heavy atom. The molecular formula is C32H38N2O2. The highest BCUT2D eigenvalue weighted by molar-refractivity contribution is 5.37. The SMILES string of the molecule is CC(C)(C#N)c1ccc(C(O)CCCN2CCC(C(O)(c3ccccc3)c3ccccc3)CC2)cc1. The van der Waals surface area contributed by atoms with E-state index in [1.54, 1.807) is 0 Å². The third-order valence-electron chi connectivity index (χ3n) is 7.85. The highest BCUT2D eigenvalue weighted by Crippen LogP contribution is 2.42. The van der Waals surface area contributed by atoms with Gasteiger partial charge in [-0.2, -0.15) is 5.26 Å². The minimum absolute atomic E-state index is 0.153. The van der Waals surface area contributed by atoms with Gasteiger partial charge in [-0.3, -0.25) is 0 Å². The first-order valence-electron chi connectivity index (χ1n) is 13.1. The van der Waals surface area contributed by atoms with Crippen LogP contribution in [0.15, 0.2) is 84.9 Å². The van der Waals surface area contributed by atoms with Gasteiger partial charge in [0.25, 0.3) is 0 Å². The minimum Gasteiger partial charge on any atom is -0.388 e. The lowest BCUT2D eigenvalue weighted by Crippen LogP contribution is -2.44. The monoisotopic (exact) mass is 482 g/mol. The van der Waals surface area contributed by atoms with E-state index in [2.05, 4.69) is 11.0 Å². The lowest BCUT2D eigenvalue weighted by molar-refractivity contribution is -0.0146. The smallest absolute Gasteiger partial charge is 0.117 e. The van der Waals surface area contributed by atoms with E-state index < -0.39 is 17.1 Å². The highest BCUT2D eigenvalue weighted by atomic mass is 16.3. The van der Waals surface area contributed by atoms with Crippen LogP contribution in [0.25, 0.3) is 0 Å². The standard InChI is InChI=1S/C32H38N2O2/c1-31(2,24-33)26-17-15-25(16-18-26)30(35)14-9-21-34-22-19-29(20-23-34)32(36,27-10-5-3-6-11-27)28-12-7-4-8-13-28/h3-8,10-13,15-18,29-30,35-36H,9,14,19-23H2,1-2H3. The quantitative estimate of drug-likeness (QED) is 0.395. The third-order valence-corrected chi connectivity index (χ3v) is 7.85. The summed E-state index contributed by atoms with van der Waals surface area (Å²) >= 11 is 0. The van der Waals surface area contributed by atoms with Crippen molar-refractivity contribution in [1.82, 2.24) is 4.90 Å². The number of hydrogen-bond donors (Lipinski definition) is 2. The molecule has 1 aliphatic heterocycles. The Morgan fingerprint density at radius 2 is 1.39 bits per heavy atom. The predicted octanol–water partition coefficient (Wildman–Crippen LogP) is 5.95. The van der Waals surface area contributed by atoms with E-state index in [0.717, 1.165) is 61.2 Å². The van der Waals surface area contributed by atoms with Crippen LogP contribution in [0, 0.1) is 17.2 Å². The molecular weight excluding hydrogens is 444 g/mol. The molecule has 0 saturated carbocycles. The molecule has 0 radical (unpaired) electrons. The Bertz CT molecular complexity index is 1090. The van der Waals surface area contributed by atoms with E-state index in [0.29, 0.717) is 6.42 Å². The van der Waals surface area contributed by atoms with Crippen molar-refractivity contribution in [3.8, 4) is 6.07 Å². The first-order chi connectivity index (χ1) is 17.3. The first-order valence-corrected chi connectivity index (χ1v) is 13.1. The maximum Gasteiger partial charge on any atom is 0.117 e. The second kappa shape index (κ2) is 11.4. The van der Waals surface area contributed by atoms with Crippen LogP contribution >= 0.6 is 0 Å². The molecule has 0 amide bonds. The molecule has 0 spiro atoms. The van der Waals surface area contributed by atoms with Gasteiger partial charge >= 0.3 is 0 Å². The van der Waals surface area contributed by atoms with Crippen LogP contribution in [0.4, 0.5) is 0 Å². The van der Waals surface area contributed by atoms with E-state index in [-0.39, 0.29) is 5.92 Å². The van der Waals surface area contributed by atoms with Crippen LogP contribution < -0.4 is 0 Å². The molecule has 0 aliphatic carbocycles. The Hall–Kier alpha value is -2.97. The van der Waals surface area contributed by atoms with Gasteiger partial charge in [-0.05, 0) is 87.3 Å². The fourth-order valence-electron chi connectivity index (χ4n) is 5.46. The number of rotatable bonds is 9. The summed E-state index contributed by atoms with van der Waals surface area (Å²) in [6.07, 6.45) is 2.98. The summed E-state index contributed by atoms with van der Waals surface area (Å²) in [6, 6.07) is 30.3. The number of nitrogens with zero attached hydrogens (tertiary/aromatic N) is 2. The Morgan fingerprint density at radius 3 is 1.89 bits per heavy atom. The number of nitriles is 1. The summed E-state index contributed by atoms with van der Waals surface area (Å²) < 4.78 is 0. The number of aliphatic hydroxyl groups is 2. The van der Waals surface area contributed by atoms with Gasteiger partial charge in [-0.15, -0.1) is 0 Å². The van der Waals surface area contributed by atoms with Crippen LogP contribution in [-0.2, 0) is 11.0 Å². The summed E-state index contributed by atoms with van der Waals surface area (Å²) in [4.78, 5) is 2.46.